The van der Waals surface area contributed by atoms with Crippen LogP contribution < -0.4 is 9.80 Å². The molecule has 3 aromatic carbocycles. The van der Waals surface area contributed by atoms with Gasteiger partial charge in [0.1, 0.15) is 0 Å². The first-order chi connectivity index (χ1) is 11.6. The Kier molecular flexibility index (Phi) is 4.52. The second-order valence-electron chi connectivity index (χ2n) is 5.96. The molecule has 3 heteroatoms. The molecule has 0 amide bonds. The van der Waals surface area contributed by atoms with Crippen LogP contribution in [0.5, 0.6) is 0 Å². The van der Waals surface area contributed by atoms with Gasteiger partial charge in [-0.05, 0) is 35.6 Å². The standard InChI is InChI=1S/C21H23N3/c1-4-16-9-7-12-18(15-16)23(2)21(22)24(3)20-14-8-11-17-10-5-6-13-19(17)20/h5-15,22H,4H2,1-3H3. The fraction of sp³-hybridized carbons (Fsp3) is 0.190. The maximum atomic E-state index is 8.63. The topological polar surface area (TPSA) is 30.3 Å². The van der Waals surface area contributed by atoms with Gasteiger partial charge in [-0.15, -0.1) is 0 Å². The summed E-state index contributed by atoms with van der Waals surface area (Å²) >= 11 is 0. The molecule has 0 saturated heterocycles. The third-order valence-electron chi connectivity index (χ3n) is 4.47. The van der Waals surface area contributed by atoms with Crippen molar-refractivity contribution in [3.05, 3.63) is 72.3 Å². The Morgan fingerprint density at radius 2 is 1.58 bits per heavy atom. The van der Waals surface area contributed by atoms with E-state index in [1.54, 1.807) is 0 Å². The van der Waals surface area contributed by atoms with Crippen molar-refractivity contribution in [1.82, 2.24) is 0 Å². The summed E-state index contributed by atoms with van der Waals surface area (Å²) in [7, 11) is 3.89. The third-order valence-corrected chi connectivity index (χ3v) is 4.47. The molecule has 3 aromatic rings. The zero-order chi connectivity index (χ0) is 17.1. The number of nitrogens with one attached hydrogen (secondary N) is 1. The lowest BCUT2D eigenvalue weighted by atomic mass is 10.1. The van der Waals surface area contributed by atoms with Crippen molar-refractivity contribution in [2.45, 2.75) is 13.3 Å². The van der Waals surface area contributed by atoms with Gasteiger partial charge in [0.2, 0.25) is 5.96 Å². The Morgan fingerprint density at radius 1 is 0.875 bits per heavy atom. The highest BCUT2D eigenvalue weighted by Gasteiger charge is 2.15. The number of hydrogen-bond acceptors (Lipinski definition) is 1. The number of nitrogens with zero attached hydrogens (tertiary/aromatic N) is 2. The van der Waals surface area contributed by atoms with E-state index in [0.29, 0.717) is 5.96 Å². The minimum atomic E-state index is 0.444. The number of benzene rings is 3. The highest BCUT2D eigenvalue weighted by molar-refractivity contribution is 6.09. The average molecular weight is 317 g/mol. The molecule has 1 N–H and O–H groups in total. The summed E-state index contributed by atoms with van der Waals surface area (Å²) in [6, 6.07) is 22.9. The normalized spacial score (nSPS) is 10.6. The second-order valence-corrected chi connectivity index (χ2v) is 5.96. The Hall–Kier alpha value is -2.81. The highest BCUT2D eigenvalue weighted by atomic mass is 15.3. The van der Waals surface area contributed by atoms with E-state index in [9.17, 15) is 0 Å². The van der Waals surface area contributed by atoms with Gasteiger partial charge in [-0.2, -0.15) is 0 Å². The largest absolute Gasteiger partial charge is 0.316 e. The lowest BCUT2D eigenvalue weighted by Gasteiger charge is -2.29. The van der Waals surface area contributed by atoms with Gasteiger partial charge in [0, 0.05) is 25.2 Å². The van der Waals surface area contributed by atoms with E-state index >= 15 is 0 Å². The van der Waals surface area contributed by atoms with Crippen molar-refractivity contribution in [3.8, 4) is 0 Å². The molecule has 0 aliphatic heterocycles. The van der Waals surface area contributed by atoms with Crippen LogP contribution in [0.25, 0.3) is 10.8 Å². The Balaban J connectivity index is 1.93. The molecule has 0 spiro atoms. The predicted octanol–water partition coefficient (Wildman–Crippen LogP) is 4.91. The SMILES string of the molecule is CCc1cccc(N(C)C(=N)N(C)c2cccc3ccccc23)c1. The van der Waals surface area contributed by atoms with Gasteiger partial charge in [0.05, 0.1) is 5.69 Å². The van der Waals surface area contributed by atoms with Crippen LogP contribution in [0.3, 0.4) is 0 Å². The van der Waals surface area contributed by atoms with E-state index in [1.807, 2.05) is 48.2 Å². The van der Waals surface area contributed by atoms with Gasteiger partial charge in [0.15, 0.2) is 0 Å². The van der Waals surface area contributed by atoms with E-state index in [4.69, 9.17) is 5.41 Å². The van der Waals surface area contributed by atoms with Gasteiger partial charge in [-0.1, -0.05) is 55.5 Å². The van der Waals surface area contributed by atoms with Gasteiger partial charge in [-0.3, -0.25) is 5.41 Å². The van der Waals surface area contributed by atoms with E-state index in [1.165, 1.54) is 10.9 Å². The Labute approximate surface area is 143 Å². The predicted molar refractivity (Wildman–Crippen MR) is 104 cm³/mol. The molecular weight excluding hydrogens is 294 g/mol. The molecule has 0 unspecified atom stereocenters. The van der Waals surface area contributed by atoms with E-state index in [2.05, 4.69) is 49.4 Å². The first-order valence-electron chi connectivity index (χ1n) is 8.24. The van der Waals surface area contributed by atoms with Gasteiger partial charge < -0.3 is 9.80 Å². The van der Waals surface area contributed by atoms with Crippen LogP contribution in [-0.4, -0.2) is 20.1 Å². The number of fused-ring (bicyclic) bond motifs is 1. The first-order valence-corrected chi connectivity index (χ1v) is 8.24. The Bertz CT molecular complexity index is 864. The average Bonchev–Trinajstić information content (AvgIpc) is 2.65. The smallest absolute Gasteiger partial charge is 0.202 e. The summed E-state index contributed by atoms with van der Waals surface area (Å²) in [5.41, 5.74) is 3.35. The fourth-order valence-corrected chi connectivity index (χ4v) is 2.95. The minimum Gasteiger partial charge on any atom is -0.316 e. The van der Waals surface area contributed by atoms with Crippen molar-refractivity contribution in [2.75, 3.05) is 23.9 Å². The third kappa shape index (κ3) is 2.98. The summed E-state index contributed by atoms with van der Waals surface area (Å²) in [5, 5.41) is 11.0. The molecule has 0 aromatic heterocycles. The highest BCUT2D eigenvalue weighted by Crippen LogP contribution is 2.27. The van der Waals surface area contributed by atoms with Crippen LogP contribution in [-0.2, 0) is 6.42 Å². The minimum absolute atomic E-state index is 0.444. The molecule has 3 nitrogen and oxygen atoms in total. The maximum Gasteiger partial charge on any atom is 0.202 e. The number of guanidine groups is 1. The Morgan fingerprint density at radius 3 is 2.38 bits per heavy atom. The van der Waals surface area contributed by atoms with E-state index in [-0.39, 0.29) is 0 Å². The van der Waals surface area contributed by atoms with Crippen LogP contribution in [0, 0.1) is 5.41 Å². The summed E-state index contributed by atoms with van der Waals surface area (Å²) < 4.78 is 0. The molecule has 0 fully saturated rings. The van der Waals surface area contributed by atoms with Crippen LogP contribution in [0.15, 0.2) is 66.7 Å². The van der Waals surface area contributed by atoms with Gasteiger partial charge in [-0.25, -0.2) is 0 Å². The number of hydrogen-bond donors (Lipinski definition) is 1. The van der Waals surface area contributed by atoms with Crippen LogP contribution >= 0.6 is 0 Å². The van der Waals surface area contributed by atoms with Gasteiger partial charge >= 0.3 is 0 Å². The zero-order valence-corrected chi connectivity index (χ0v) is 14.5. The summed E-state index contributed by atoms with van der Waals surface area (Å²) in [6.45, 7) is 2.15. The number of aryl methyl sites for hydroxylation is 1. The van der Waals surface area contributed by atoms with Crippen molar-refractivity contribution < 1.29 is 0 Å². The number of anilines is 2. The summed E-state index contributed by atoms with van der Waals surface area (Å²) in [4.78, 5) is 3.85. The molecular formula is C21H23N3. The first kappa shape index (κ1) is 16.1. The van der Waals surface area contributed by atoms with E-state index in [0.717, 1.165) is 23.2 Å². The summed E-state index contributed by atoms with van der Waals surface area (Å²) in [5.74, 6) is 0.444. The molecule has 0 aliphatic carbocycles. The van der Waals surface area contributed by atoms with Crippen LogP contribution in [0.2, 0.25) is 0 Å². The van der Waals surface area contributed by atoms with E-state index < -0.39 is 0 Å². The molecule has 0 atom stereocenters. The van der Waals surface area contributed by atoms with Crippen LogP contribution in [0.4, 0.5) is 11.4 Å². The van der Waals surface area contributed by atoms with Crippen molar-refractivity contribution >= 4 is 28.1 Å². The second kappa shape index (κ2) is 6.75. The maximum absolute atomic E-state index is 8.63. The summed E-state index contributed by atoms with van der Waals surface area (Å²) in [6.07, 6.45) is 0.994. The fourth-order valence-electron chi connectivity index (χ4n) is 2.95. The molecule has 0 radical (unpaired) electrons. The molecule has 0 aliphatic rings. The molecule has 0 saturated carbocycles. The molecule has 3 rings (SSSR count). The monoisotopic (exact) mass is 317 g/mol. The molecule has 0 heterocycles. The molecule has 24 heavy (non-hydrogen) atoms. The molecule has 0 bridgehead atoms. The van der Waals surface area contributed by atoms with Crippen molar-refractivity contribution in [1.29, 1.82) is 5.41 Å². The zero-order valence-electron chi connectivity index (χ0n) is 14.5. The quantitative estimate of drug-likeness (QED) is 0.549. The molecule has 122 valence electrons. The lowest BCUT2D eigenvalue weighted by Crippen LogP contribution is -2.39. The van der Waals surface area contributed by atoms with Gasteiger partial charge in [0.25, 0.3) is 0 Å². The number of rotatable bonds is 3. The lowest BCUT2D eigenvalue weighted by molar-refractivity contribution is 1.10. The van der Waals surface area contributed by atoms with Crippen LogP contribution in [0.1, 0.15) is 12.5 Å². The van der Waals surface area contributed by atoms with Crippen molar-refractivity contribution in [3.63, 3.8) is 0 Å². The van der Waals surface area contributed by atoms with Crippen molar-refractivity contribution in [2.24, 2.45) is 0 Å².